The van der Waals surface area contributed by atoms with Crippen molar-refractivity contribution in [3.05, 3.63) is 75.2 Å². The van der Waals surface area contributed by atoms with Crippen LogP contribution in [-0.2, 0) is 19.4 Å². The number of rotatable bonds is 17. The number of hydrogen-bond donors (Lipinski definition) is 3. The van der Waals surface area contributed by atoms with Crippen LogP contribution in [0.15, 0.2) is 36.0 Å². The van der Waals surface area contributed by atoms with E-state index < -0.39 is 0 Å². The average Bonchev–Trinajstić information content (AvgIpc) is 3.94. The maximum absolute atomic E-state index is 12.4. The van der Waals surface area contributed by atoms with Gasteiger partial charge in [-0.3, -0.25) is 9.78 Å². The lowest BCUT2D eigenvalue weighted by molar-refractivity contribution is 0.0987. The average molecular weight is 677 g/mol. The van der Waals surface area contributed by atoms with Crippen LogP contribution in [0.2, 0.25) is 0 Å². The number of unbranched alkanes of at least 4 members (excludes halogenated alkanes) is 1. The number of aromatic nitrogens is 1. The number of aryl methyl sites for hydroxylation is 2. The van der Waals surface area contributed by atoms with Gasteiger partial charge in [0.15, 0.2) is 5.78 Å². The zero-order valence-corrected chi connectivity index (χ0v) is 33.7. The highest BCUT2D eigenvalue weighted by Gasteiger charge is 2.27. The molecule has 4 rings (SSSR count). The molecule has 2 unspecified atom stereocenters. The van der Waals surface area contributed by atoms with Gasteiger partial charge in [0.25, 0.3) is 0 Å². The summed E-state index contributed by atoms with van der Waals surface area (Å²) < 4.78 is 0. The summed E-state index contributed by atoms with van der Waals surface area (Å²) in [6.45, 7) is 23.1. The molecule has 1 heterocycles. The minimum atomic E-state index is 0.285. The molecule has 0 spiro atoms. The van der Waals surface area contributed by atoms with Crippen molar-refractivity contribution in [2.24, 2.45) is 11.7 Å². The third-order valence-electron chi connectivity index (χ3n) is 9.83. The Bertz CT molecular complexity index is 1230. The lowest BCUT2D eigenvalue weighted by Crippen LogP contribution is -2.36. The number of carbonyl (C=O) groups is 1. The number of Topliss-reactive ketones (excluding diaryl/α,β-unsaturated/α-hetero) is 1. The quantitative estimate of drug-likeness (QED) is 0.145. The molecular formula is C44H76N4O. The maximum atomic E-state index is 12.4. The van der Waals surface area contributed by atoms with E-state index in [0.29, 0.717) is 18.4 Å². The van der Waals surface area contributed by atoms with Crippen molar-refractivity contribution in [2.45, 2.75) is 177 Å². The van der Waals surface area contributed by atoms with Gasteiger partial charge in [0.2, 0.25) is 0 Å². The zero-order valence-electron chi connectivity index (χ0n) is 33.7. The molecule has 0 saturated heterocycles. The van der Waals surface area contributed by atoms with Crippen molar-refractivity contribution < 1.29 is 4.79 Å². The monoisotopic (exact) mass is 677 g/mol. The summed E-state index contributed by atoms with van der Waals surface area (Å²) in [7, 11) is 2.03. The van der Waals surface area contributed by atoms with E-state index in [9.17, 15) is 4.79 Å². The van der Waals surface area contributed by atoms with E-state index in [4.69, 9.17) is 10.7 Å². The number of nitrogens with one attached hydrogen (secondary N) is 2. The van der Waals surface area contributed by atoms with Gasteiger partial charge < -0.3 is 16.4 Å². The van der Waals surface area contributed by atoms with E-state index in [1.54, 1.807) is 0 Å². The van der Waals surface area contributed by atoms with Crippen LogP contribution in [0.25, 0.3) is 0 Å². The van der Waals surface area contributed by atoms with Gasteiger partial charge in [0.05, 0.1) is 0 Å². The third kappa shape index (κ3) is 15.1. The van der Waals surface area contributed by atoms with Crippen molar-refractivity contribution in [1.82, 2.24) is 15.6 Å². The van der Waals surface area contributed by atoms with Crippen molar-refractivity contribution in [1.29, 1.82) is 0 Å². The van der Waals surface area contributed by atoms with Crippen LogP contribution < -0.4 is 16.4 Å². The molecule has 1 aromatic heterocycles. The minimum absolute atomic E-state index is 0.285. The number of carbonyl (C=O) groups excluding carboxylic acids is 1. The highest BCUT2D eigenvalue weighted by molar-refractivity contribution is 5.97. The summed E-state index contributed by atoms with van der Waals surface area (Å²) in [5, 5.41) is 7.06. The smallest absolute Gasteiger partial charge is 0.162 e. The second-order valence-electron chi connectivity index (χ2n) is 13.7. The summed E-state index contributed by atoms with van der Waals surface area (Å²) in [5.74, 6) is 2.33. The first-order valence-electron chi connectivity index (χ1n) is 20.2. The van der Waals surface area contributed by atoms with Crippen LogP contribution in [0.5, 0.6) is 0 Å². The number of allylic oxidation sites excluding steroid dienone is 2. The topological polar surface area (TPSA) is 80.0 Å². The lowest BCUT2D eigenvalue weighted by Gasteiger charge is -2.32. The molecule has 0 amide bonds. The summed E-state index contributed by atoms with van der Waals surface area (Å²) >= 11 is 0. The second kappa shape index (κ2) is 25.5. The fourth-order valence-electron chi connectivity index (χ4n) is 6.62. The van der Waals surface area contributed by atoms with Crippen molar-refractivity contribution in [3.63, 3.8) is 0 Å². The molecule has 2 aliphatic carbocycles. The third-order valence-corrected chi connectivity index (χ3v) is 9.83. The first-order valence-corrected chi connectivity index (χ1v) is 20.2. The van der Waals surface area contributed by atoms with E-state index in [1.807, 2.05) is 27.8 Å². The predicted octanol–water partition coefficient (Wildman–Crippen LogP) is 11.1. The van der Waals surface area contributed by atoms with Gasteiger partial charge in [-0.25, -0.2) is 0 Å². The normalized spacial score (nSPS) is 15.3. The zero-order chi connectivity index (χ0) is 36.8. The van der Waals surface area contributed by atoms with Crippen LogP contribution in [-0.4, -0.2) is 30.4 Å². The maximum Gasteiger partial charge on any atom is 0.162 e. The molecule has 2 aliphatic rings. The number of nitrogens with zero attached hydrogens (tertiary/aromatic N) is 1. The molecule has 0 bridgehead atoms. The summed E-state index contributed by atoms with van der Waals surface area (Å²) in [4.78, 5) is 17.1. The van der Waals surface area contributed by atoms with Gasteiger partial charge in [-0.05, 0) is 125 Å². The van der Waals surface area contributed by atoms with E-state index in [1.165, 1.54) is 78.6 Å². The van der Waals surface area contributed by atoms with Gasteiger partial charge >= 0.3 is 0 Å². The van der Waals surface area contributed by atoms with E-state index >= 15 is 0 Å². The van der Waals surface area contributed by atoms with Gasteiger partial charge in [0, 0.05) is 60.5 Å². The second-order valence-corrected chi connectivity index (χ2v) is 13.7. The van der Waals surface area contributed by atoms with Gasteiger partial charge in [-0.2, -0.15) is 0 Å². The Balaban J connectivity index is 0.000000417. The Morgan fingerprint density at radius 1 is 1.00 bits per heavy atom. The first-order chi connectivity index (χ1) is 23.7. The number of likely N-dealkylation sites (N-methyl/N-ethyl adjacent to an activating group) is 1. The van der Waals surface area contributed by atoms with E-state index in [2.05, 4.69) is 89.4 Å². The number of pyridine rings is 1. The molecule has 0 radical (unpaired) electrons. The SMILES string of the molecule is CC.CC/C=C(/NC)C(CC)c1cc(C)nc(C2CC2)c1.CCCCN.CCCc1cc(CNC(C)C2CCC2)cc(C(=O)CC)c1CC. The molecule has 278 valence electrons. The standard InChI is InChI=1S/C21H33NO.C17H26N2.C4H11N.C2H6/c1-5-9-18-12-16(14-22-15(4)17-10-8-11-17)13-20(19(18)6-2)21(23)7-3;1-5-7-16(18-4)15(6-2)14-10-12(3)19-17(11-14)13-8-9-13;1-2-3-4-5;1-2/h12-13,15,17,22H,5-11,14H2,1-4H3;7,10-11,13,15,18H,5-6,8-9H2,1-4H3;2-5H2,1H3;1-2H3/b;16-7+;;. The molecule has 5 nitrogen and oxygen atoms in total. The van der Waals surface area contributed by atoms with E-state index in [0.717, 1.165) is 68.3 Å². The molecule has 1 aromatic carbocycles. The van der Waals surface area contributed by atoms with Crippen molar-refractivity contribution >= 4 is 5.78 Å². The van der Waals surface area contributed by atoms with Crippen LogP contribution in [0.1, 0.15) is 189 Å². The fraction of sp³-hybridized carbons (Fsp3) is 0.682. The largest absolute Gasteiger partial charge is 0.391 e. The molecule has 5 heteroatoms. The molecule has 2 atom stereocenters. The molecular weight excluding hydrogens is 601 g/mol. The summed E-state index contributed by atoms with van der Waals surface area (Å²) in [6, 6.07) is 9.63. The Morgan fingerprint density at radius 2 is 1.69 bits per heavy atom. The fourth-order valence-corrected chi connectivity index (χ4v) is 6.62. The van der Waals surface area contributed by atoms with Crippen LogP contribution >= 0.6 is 0 Å². The van der Waals surface area contributed by atoms with Crippen LogP contribution in [0.3, 0.4) is 0 Å². The predicted molar refractivity (Wildman–Crippen MR) is 215 cm³/mol. The number of benzene rings is 1. The van der Waals surface area contributed by atoms with E-state index in [-0.39, 0.29) is 5.78 Å². The Labute approximate surface area is 303 Å². The lowest BCUT2D eigenvalue weighted by atomic mass is 9.80. The number of hydrogen-bond acceptors (Lipinski definition) is 5. The first kappa shape index (κ1) is 44.5. The van der Waals surface area contributed by atoms with Gasteiger partial charge in [-0.15, -0.1) is 0 Å². The minimum Gasteiger partial charge on any atom is -0.391 e. The summed E-state index contributed by atoms with van der Waals surface area (Å²) in [6.07, 6.45) is 17.4. The van der Waals surface area contributed by atoms with Gasteiger partial charge in [-0.1, -0.05) is 86.8 Å². The van der Waals surface area contributed by atoms with Crippen LogP contribution in [0.4, 0.5) is 0 Å². The molecule has 49 heavy (non-hydrogen) atoms. The molecule has 2 saturated carbocycles. The van der Waals surface area contributed by atoms with Crippen LogP contribution in [0, 0.1) is 12.8 Å². The molecule has 2 aromatic rings. The Morgan fingerprint density at radius 3 is 2.14 bits per heavy atom. The highest BCUT2D eigenvalue weighted by atomic mass is 16.1. The number of ketones is 1. The Hall–Kier alpha value is -2.50. The van der Waals surface area contributed by atoms with Crippen molar-refractivity contribution in [3.8, 4) is 0 Å². The molecule has 4 N–H and O–H groups in total. The highest BCUT2D eigenvalue weighted by Crippen LogP contribution is 2.40. The number of nitrogens with two attached hydrogens (primary N) is 1. The Kier molecular flexibility index (Phi) is 23.1. The van der Waals surface area contributed by atoms with Crippen molar-refractivity contribution in [2.75, 3.05) is 13.6 Å². The summed E-state index contributed by atoms with van der Waals surface area (Å²) in [5.41, 5.74) is 15.3. The van der Waals surface area contributed by atoms with Gasteiger partial charge in [0.1, 0.15) is 0 Å². The molecule has 2 fully saturated rings. The molecule has 0 aliphatic heterocycles.